The van der Waals surface area contributed by atoms with Gasteiger partial charge in [0.05, 0.1) is 4.90 Å². The smallest absolute Gasteiger partial charge is 0.255 e. The summed E-state index contributed by atoms with van der Waals surface area (Å²) in [4.78, 5) is 12.6. The molecule has 0 unspecified atom stereocenters. The van der Waals surface area contributed by atoms with Gasteiger partial charge in [0.1, 0.15) is 0 Å². The highest BCUT2D eigenvalue weighted by atomic mass is 32.2. The Balaban J connectivity index is 1.64. The van der Waals surface area contributed by atoms with Crippen molar-refractivity contribution in [1.29, 1.82) is 0 Å². The quantitative estimate of drug-likeness (QED) is 0.655. The highest BCUT2D eigenvalue weighted by Gasteiger charge is 2.16. The van der Waals surface area contributed by atoms with E-state index in [-0.39, 0.29) is 10.8 Å². The van der Waals surface area contributed by atoms with Gasteiger partial charge in [-0.15, -0.1) is 0 Å². The van der Waals surface area contributed by atoms with E-state index in [4.69, 9.17) is 0 Å². The first-order valence-corrected chi connectivity index (χ1v) is 11.2. The average molecular weight is 402 g/mol. The number of nitrogens with one attached hydrogen (secondary N) is 3. The summed E-state index contributed by atoms with van der Waals surface area (Å²) in [5.41, 5.74) is 2.01. The lowest BCUT2D eigenvalue weighted by atomic mass is 9.95. The molecule has 1 aliphatic carbocycles. The van der Waals surface area contributed by atoms with Crippen molar-refractivity contribution in [3.8, 4) is 0 Å². The van der Waals surface area contributed by atoms with Gasteiger partial charge in [-0.2, -0.15) is 0 Å². The number of rotatable bonds is 7. The molecular formula is C21H27N3O3S. The Bertz CT molecular complexity index is 905. The maximum absolute atomic E-state index is 12.5. The molecule has 0 bridgehead atoms. The van der Waals surface area contributed by atoms with Crippen molar-refractivity contribution in [1.82, 2.24) is 4.72 Å². The van der Waals surface area contributed by atoms with Crippen molar-refractivity contribution in [2.24, 2.45) is 0 Å². The number of anilines is 2. The predicted octanol–water partition coefficient (Wildman–Crippen LogP) is 3.98. The monoisotopic (exact) mass is 401 g/mol. The average Bonchev–Trinajstić information content (AvgIpc) is 2.70. The third-order valence-electron chi connectivity index (χ3n) is 4.86. The number of benzene rings is 2. The Morgan fingerprint density at radius 1 is 1.00 bits per heavy atom. The standard InChI is InChI=1S/C21H27N3O3S/c1-2-22-28(26,27)20-10-6-7-16(15-20)21(25)24-19-13-11-18(12-14-19)23-17-8-4-3-5-9-17/h6-7,10-15,17,22-23H,2-5,8-9H2,1H3,(H,24,25). The van der Waals surface area contributed by atoms with Crippen LogP contribution >= 0.6 is 0 Å². The van der Waals surface area contributed by atoms with Crippen molar-refractivity contribution >= 4 is 27.3 Å². The maximum atomic E-state index is 12.5. The molecule has 1 aliphatic rings. The lowest BCUT2D eigenvalue weighted by molar-refractivity contribution is 0.102. The molecule has 3 N–H and O–H groups in total. The molecule has 6 nitrogen and oxygen atoms in total. The molecule has 0 saturated heterocycles. The summed E-state index contributed by atoms with van der Waals surface area (Å²) in [5.74, 6) is -0.346. The van der Waals surface area contributed by atoms with Crippen LogP contribution in [0.3, 0.4) is 0 Å². The van der Waals surface area contributed by atoms with Crippen molar-refractivity contribution in [2.75, 3.05) is 17.2 Å². The predicted molar refractivity (Wildman–Crippen MR) is 112 cm³/mol. The molecule has 0 aromatic heterocycles. The molecular weight excluding hydrogens is 374 g/mol. The van der Waals surface area contributed by atoms with Gasteiger partial charge < -0.3 is 10.6 Å². The second-order valence-electron chi connectivity index (χ2n) is 7.04. The van der Waals surface area contributed by atoms with Crippen LogP contribution in [0.2, 0.25) is 0 Å². The van der Waals surface area contributed by atoms with E-state index in [0.29, 0.717) is 23.8 Å². The van der Waals surface area contributed by atoms with Crippen LogP contribution in [0.4, 0.5) is 11.4 Å². The molecule has 0 heterocycles. The molecule has 1 fully saturated rings. The highest BCUT2D eigenvalue weighted by molar-refractivity contribution is 7.89. The van der Waals surface area contributed by atoms with Crippen LogP contribution in [0.15, 0.2) is 53.4 Å². The molecule has 28 heavy (non-hydrogen) atoms. The van der Waals surface area contributed by atoms with Crippen LogP contribution in [-0.4, -0.2) is 26.9 Å². The fraction of sp³-hybridized carbons (Fsp3) is 0.381. The third kappa shape index (κ3) is 5.33. The fourth-order valence-electron chi connectivity index (χ4n) is 3.41. The Morgan fingerprint density at radius 3 is 2.36 bits per heavy atom. The SMILES string of the molecule is CCNS(=O)(=O)c1cccc(C(=O)Nc2ccc(NC3CCCCC3)cc2)c1. The summed E-state index contributed by atoms with van der Waals surface area (Å²) in [6, 6.07) is 14.1. The van der Waals surface area contributed by atoms with E-state index >= 15 is 0 Å². The minimum Gasteiger partial charge on any atom is -0.382 e. The number of hydrogen-bond acceptors (Lipinski definition) is 4. The second kappa shape index (κ2) is 9.21. The third-order valence-corrected chi connectivity index (χ3v) is 6.40. The van der Waals surface area contributed by atoms with E-state index in [0.717, 1.165) is 5.69 Å². The Labute approximate surface area is 166 Å². The van der Waals surface area contributed by atoms with E-state index < -0.39 is 10.0 Å². The fourth-order valence-corrected chi connectivity index (χ4v) is 4.50. The molecule has 0 aliphatic heterocycles. The van der Waals surface area contributed by atoms with Gasteiger partial charge in [-0.3, -0.25) is 4.79 Å². The van der Waals surface area contributed by atoms with Gasteiger partial charge in [0.2, 0.25) is 10.0 Å². The molecule has 0 radical (unpaired) electrons. The molecule has 7 heteroatoms. The van der Waals surface area contributed by atoms with Crippen molar-refractivity contribution in [3.63, 3.8) is 0 Å². The lowest BCUT2D eigenvalue weighted by Crippen LogP contribution is -2.23. The topological polar surface area (TPSA) is 87.3 Å². The molecule has 150 valence electrons. The van der Waals surface area contributed by atoms with Gasteiger partial charge in [-0.1, -0.05) is 32.3 Å². The van der Waals surface area contributed by atoms with Crippen molar-refractivity contribution in [2.45, 2.75) is 50.0 Å². The molecule has 2 aromatic rings. The highest BCUT2D eigenvalue weighted by Crippen LogP contribution is 2.23. The van der Waals surface area contributed by atoms with Crippen LogP contribution in [0.25, 0.3) is 0 Å². The zero-order valence-electron chi connectivity index (χ0n) is 16.1. The van der Waals surface area contributed by atoms with Gasteiger partial charge in [0.15, 0.2) is 0 Å². The summed E-state index contributed by atoms with van der Waals surface area (Å²) in [5, 5.41) is 6.36. The van der Waals surface area contributed by atoms with Crippen LogP contribution in [0, 0.1) is 0 Å². The van der Waals surface area contributed by atoms with E-state index in [9.17, 15) is 13.2 Å². The maximum Gasteiger partial charge on any atom is 0.255 e. The van der Waals surface area contributed by atoms with Gasteiger partial charge in [0.25, 0.3) is 5.91 Å². The summed E-state index contributed by atoms with van der Waals surface area (Å²) in [6.07, 6.45) is 6.26. The lowest BCUT2D eigenvalue weighted by Gasteiger charge is -2.23. The van der Waals surface area contributed by atoms with Gasteiger partial charge in [-0.05, 0) is 55.3 Å². The first-order chi connectivity index (χ1) is 13.5. The summed E-state index contributed by atoms with van der Waals surface area (Å²) in [7, 11) is -3.60. The number of hydrogen-bond donors (Lipinski definition) is 3. The number of carbonyl (C=O) groups excluding carboxylic acids is 1. The molecule has 1 amide bonds. The van der Waals surface area contributed by atoms with Gasteiger partial charge in [0, 0.05) is 29.5 Å². The van der Waals surface area contributed by atoms with Crippen LogP contribution in [0.1, 0.15) is 49.4 Å². The molecule has 1 saturated carbocycles. The van der Waals surface area contributed by atoms with Gasteiger partial charge in [-0.25, -0.2) is 13.1 Å². The Kier molecular flexibility index (Phi) is 6.70. The molecule has 0 atom stereocenters. The first-order valence-electron chi connectivity index (χ1n) is 9.75. The summed E-state index contributed by atoms with van der Waals surface area (Å²) < 4.78 is 26.7. The summed E-state index contributed by atoms with van der Waals surface area (Å²) in [6.45, 7) is 2.00. The number of sulfonamides is 1. The minimum absolute atomic E-state index is 0.0778. The molecule has 0 spiro atoms. The van der Waals surface area contributed by atoms with Crippen molar-refractivity contribution in [3.05, 3.63) is 54.1 Å². The normalized spacial score (nSPS) is 15.2. The van der Waals surface area contributed by atoms with E-state index in [1.807, 2.05) is 24.3 Å². The van der Waals surface area contributed by atoms with Crippen LogP contribution in [-0.2, 0) is 10.0 Å². The minimum atomic E-state index is -3.60. The zero-order valence-corrected chi connectivity index (χ0v) is 16.9. The largest absolute Gasteiger partial charge is 0.382 e. The van der Waals surface area contributed by atoms with Crippen molar-refractivity contribution < 1.29 is 13.2 Å². The van der Waals surface area contributed by atoms with Crippen LogP contribution < -0.4 is 15.4 Å². The Morgan fingerprint density at radius 2 is 1.68 bits per heavy atom. The molecule has 3 rings (SSSR count). The van der Waals surface area contributed by atoms with E-state index in [2.05, 4.69) is 15.4 Å². The Hall–Kier alpha value is -2.38. The van der Waals surface area contributed by atoms with E-state index in [1.54, 1.807) is 19.1 Å². The van der Waals surface area contributed by atoms with E-state index in [1.165, 1.54) is 44.2 Å². The molecule has 2 aromatic carbocycles. The second-order valence-corrected chi connectivity index (χ2v) is 8.81. The van der Waals surface area contributed by atoms with Gasteiger partial charge >= 0.3 is 0 Å². The summed E-state index contributed by atoms with van der Waals surface area (Å²) >= 11 is 0. The van der Waals surface area contributed by atoms with Crippen LogP contribution in [0.5, 0.6) is 0 Å². The first kappa shape index (κ1) is 20.4. The number of carbonyl (C=O) groups is 1. The zero-order chi connectivity index (χ0) is 20.0. The number of amides is 1.